The normalized spacial score (nSPS) is 13.2. The summed E-state index contributed by atoms with van der Waals surface area (Å²) in [6.07, 6.45) is 6.97. The zero-order chi connectivity index (χ0) is 21.3. The van der Waals surface area contributed by atoms with Crippen molar-refractivity contribution in [1.82, 2.24) is 0 Å². The Bertz CT molecular complexity index is 1300. The predicted molar refractivity (Wildman–Crippen MR) is 130 cm³/mol. The Kier molecular flexibility index (Phi) is 7.89. The summed E-state index contributed by atoms with van der Waals surface area (Å²) in [6, 6.07) is 39.8. The number of rotatable bonds is 4. The van der Waals surface area contributed by atoms with Crippen molar-refractivity contribution in [2.45, 2.75) is 3.63 Å². The minimum Gasteiger partial charge on any atom is -1.00 e. The van der Waals surface area contributed by atoms with Gasteiger partial charge in [-0.25, -0.2) is 0 Å². The van der Waals surface area contributed by atoms with Gasteiger partial charge in [-0.1, -0.05) is 0 Å². The first-order chi connectivity index (χ1) is 15.9. The van der Waals surface area contributed by atoms with Crippen molar-refractivity contribution in [2.75, 3.05) is 0 Å². The van der Waals surface area contributed by atoms with Crippen molar-refractivity contribution in [3.05, 3.63) is 159 Å². The summed E-state index contributed by atoms with van der Waals surface area (Å²) in [5.74, 6) is 0. The number of halogens is 2. The van der Waals surface area contributed by atoms with Crippen LogP contribution >= 0.6 is 0 Å². The van der Waals surface area contributed by atoms with E-state index in [0.29, 0.717) is 3.63 Å². The van der Waals surface area contributed by atoms with E-state index in [-0.39, 0.29) is 24.8 Å². The van der Waals surface area contributed by atoms with Crippen LogP contribution in [0.1, 0.15) is 25.9 Å². The molecule has 0 fully saturated rings. The van der Waals surface area contributed by atoms with Gasteiger partial charge >= 0.3 is 202 Å². The van der Waals surface area contributed by atoms with E-state index in [4.69, 9.17) is 0 Å². The number of hydrogen-bond acceptors (Lipinski definition) is 0. The second kappa shape index (κ2) is 10.9. The molecule has 0 saturated carbocycles. The van der Waals surface area contributed by atoms with Crippen molar-refractivity contribution < 1.29 is 48.0 Å². The molecule has 0 N–H and O–H groups in total. The summed E-state index contributed by atoms with van der Waals surface area (Å²) in [4.78, 5) is 0. The van der Waals surface area contributed by atoms with Crippen LogP contribution in [0.4, 0.5) is 0 Å². The van der Waals surface area contributed by atoms with E-state index in [9.17, 15) is 0 Å². The number of fused-ring (bicyclic) bond motifs is 3. The fraction of sp³-hybridized carbons (Fsp3) is 0.0323. The topological polar surface area (TPSA) is 0 Å². The minimum absolute atomic E-state index is 0. The summed E-state index contributed by atoms with van der Waals surface area (Å²) in [5, 5.41) is 0. The molecule has 0 bridgehead atoms. The summed E-state index contributed by atoms with van der Waals surface area (Å²) in [7, 11) is 0. The van der Waals surface area contributed by atoms with Gasteiger partial charge in [0.25, 0.3) is 0 Å². The van der Waals surface area contributed by atoms with Gasteiger partial charge in [0.1, 0.15) is 0 Å². The average Bonchev–Trinajstić information content (AvgIpc) is 3.44. The SMILES string of the molecule is C1=CC(=C(c2ccccc2)c2ccccc2)[C]([Zr+2][CH]2c3ccccc3-c3ccccc32)=C1.[Cl-].[Cl-]. The van der Waals surface area contributed by atoms with Gasteiger partial charge in [0, 0.05) is 0 Å². The van der Waals surface area contributed by atoms with Crippen LogP contribution in [0.3, 0.4) is 0 Å². The average molecular weight is 557 g/mol. The van der Waals surface area contributed by atoms with Crippen LogP contribution in [0, 0.1) is 0 Å². The molecule has 34 heavy (non-hydrogen) atoms. The maximum absolute atomic E-state index is 2.39. The Balaban J connectivity index is 0.00000137. The van der Waals surface area contributed by atoms with Crippen LogP contribution in [0.25, 0.3) is 16.7 Å². The van der Waals surface area contributed by atoms with E-state index < -0.39 is 23.2 Å². The minimum atomic E-state index is -0.973. The molecule has 0 heterocycles. The molecule has 0 amide bonds. The molecule has 2 aliphatic rings. The third-order valence-corrected chi connectivity index (χ3v) is 10.4. The first kappa shape index (κ1) is 24.7. The van der Waals surface area contributed by atoms with Crippen molar-refractivity contribution in [1.29, 1.82) is 0 Å². The Labute approximate surface area is 225 Å². The Hall–Kier alpha value is -2.44. The smallest absolute Gasteiger partial charge is 1.00 e. The maximum Gasteiger partial charge on any atom is -1.00 e. The fourth-order valence-electron chi connectivity index (χ4n) is 4.92. The Morgan fingerprint density at radius 1 is 0.559 bits per heavy atom. The molecule has 0 aromatic heterocycles. The summed E-state index contributed by atoms with van der Waals surface area (Å²) in [6.45, 7) is 0. The molecule has 4 aromatic rings. The quantitative estimate of drug-likeness (QED) is 0.360. The number of allylic oxidation sites excluding steroid dienone is 5. The zero-order valence-corrected chi connectivity index (χ0v) is 22.4. The third kappa shape index (κ3) is 4.46. The molecule has 0 unspecified atom stereocenters. The largest absolute Gasteiger partial charge is 1.00 e. The van der Waals surface area contributed by atoms with E-state index in [1.165, 1.54) is 44.5 Å². The second-order valence-corrected chi connectivity index (χ2v) is 11.7. The molecule has 2 aliphatic carbocycles. The zero-order valence-electron chi connectivity index (χ0n) is 18.5. The van der Waals surface area contributed by atoms with Gasteiger partial charge < -0.3 is 24.8 Å². The van der Waals surface area contributed by atoms with Gasteiger partial charge in [-0.15, -0.1) is 0 Å². The maximum atomic E-state index is 2.39. The number of benzene rings is 4. The van der Waals surface area contributed by atoms with Crippen molar-refractivity contribution in [3.63, 3.8) is 0 Å². The Morgan fingerprint density at radius 3 is 1.56 bits per heavy atom. The summed E-state index contributed by atoms with van der Waals surface area (Å²) in [5.41, 5.74) is 11.2. The molecule has 6 rings (SSSR count). The molecule has 4 aromatic carbocycles. The van der Waals surface area contributed by atoms with Gasteiger partial charge in [-0.05, 0) is 0 Å². The van der Waals surface area contributed by atoms with Gasteiger partial charge in [0.2, 0.25) is 0 Å². The molecular weight excluding hydrogens is 534 g/mol. The molecule has 0 saturated heterocycles. The van der Waals surface area contributed by atoms with E-state index >= 15 is 0 Å². The van der Waals surface area contributed by atoms with Gasteiger partial charge in [-0.2, -0.15) is 0 Å². The van der Waals surface area contributed by atoms with Crippen LogP contribution in [0.2, 0.25) is 0 Å². The molecular formula is C31H22Cl2Zr. The summed E-state index contributed by atoms with van der Waals surface area (Å²) >= 11 is -0.973. The standard InChI is InChI=1S/C18H13.C13H9.2ClH.Zr/c1-3-9-15(10-4-1)18(17-13-7-8-14-17)16-11-5-2-6-12-16;1-3-7-12-10(5-1)9-11-6-2-4-8-13(11)12;;;/h1-13H;1-9H;2*1H;/q;;;;+2/p-2. The molecule has 3 heteroatoms. The van der Waals surface area contributed by atoms with E-state index in [0.717, 1.165) is 0 Å². The van der Waals surface area contributed by atoms with Crippen molar-refractivity contribution in [2.24, 2.45) is 0 Å². The van der Waals surface area contributed by atoms with Crippen LogP contribution < -0.4 is 24.8 Å². The molecule has 164 valence electrons. The molecule has 0 nitrogen and oxygen atoms in total. The van der Waals surface area contributed by atoms with Gasteiger partial charge in [0.05, 0.1) is 0 Å². The second-order valence-electron chi connectivity index (χ2n) is 8.21. The van der Waals surface area contributed by atoms with Crippen LogP contribution in [-0.2, 0) is 23.2 Å². The fourth-order valence-corrected chi connectivity index (χ4v) is 9.05. The molecule has 0 atom stereocenters. The van der Waals surface area contributed by atoms with Crippen molar-refractivity contribution >= 4 is 5.57 Å². The summed E-state index contributed by atoms with van der Waals surface area (Å²) < 4.78 is 2.13. The van der Waals surface area contributed by atoms with Crippen LogP contribution in [-0.4, -0.2) is 0 Å². The molecule has 0 spiro atoms. The van der Waals surface area contributed by atoms with Crippen LogP contribution in [0.15, 0.2) is 136 Å². The first-order valence-corrected chi connectivity index (χ1v) is 13.7. The van der Waals surface area contributed by atoms with Gasteiger partial charge in [0.15, 0.2) is 0 Å². The monoisotopic (exact) mass is 554 g/mol. The van der Waals surface area contributed by atoms with Crippen LogP contribution in [0.5, 0.6) is 0 Å². The predicted octanol–water partition coefficient (Wildman–Crippen LogP) is 1.80. The third-order valence-electron chi connectivity index (χ3n) is 6.34. The number of hydrogen-bond donors (Lipinski definition) is 0. The van der Waals surface area contributed by atoms with E-state index in [1.807, 2.05) is 0 Å². The first-order valence-electron chi connectivity index (χ1n) is 11.1. The molecule has 0 radical (unpaired) electrons. The molecule has 0 aliphatic heterocycles. The van der Waals surface area contributed by atoms with Crippen molar-refractivity contribution in [3.8, 4) is 11.1 Å². The van der Waals surface area contributed by atoms with E-state index in [2.05, 4.69) is 127 Å². The Morgan fingerprint density at radius 2 is 1.03 bits per heavy atom. The van der Waals surface area contributed by atoms with Gasteiger partial charge in [-0.3, -0.25) is 0 Å². The van der Waals surface area contributed by atoms with E-state index in [1.54, 1.807) is 3.28 Å².